The van der Waals surface area contributed by atoms with Gasteiger partial charge in [0, 0.05) is 38.3 Å². The molecule has 0 bridgehead atoms. The summed E-state index contributed by atoms with van der Waals surface area (Å²) in [5.41, 5.74) is 1.54. The molecule has 1 amide bonds. The molecule has 0 radical (unpaired) electrons. The Kier molecular flexibility index (Phi) is 7.44. The molecule has 8 heteroatoms. The zero-order chi connectivity index (χ0) is 23.2. The molecule has 3 aromatic rings. The second-order valence-corrected chi connectivity index (χ2v) is 9.45. The molecule has 1 saturated carbocycles. The van der Waals surface area contributed by atoms with E-state index in [1.807, 2.05) is 37.2 Å². The fraction of sp³-hybridized carbons (Fsp3) is 0.360. The lowest BCUT2D eigenvalue weighted by Crippen LogP contribution is -2.34. The molecule has 33 heavy (non-hydrogen) atoms. The molecule has 172 valence electrons. The van der Waals surface area contributed by atoms with Crippen LogP contribution < -0.4 is 15.5 Å². The third-order valence-corrected chi connectivity index (χ3v) is 6.66. The second kappa shape index (κ2) is 10.7. The predicted molar refractivity (Wildman–Crippen MR) is 136 cm³/mol. The number of anilines is 2. The van der Waals surface area contributed by atoms with Crippen LogP contribution >= 0.6 is 11.8 Å². The lowest BCUT2D eigenvalue weighted by Gasteiger charge is -2.29. The van der Waals surface area contributed by atoms with Crippen molar-refractivity contribution in [3.8, 4) is 0 Å². The molecule has 2 heterocycles. The number of thioether (sulfide) groups is 1. The minimum Gasteiger partial charge on any atom is -0.362 e. The number of hydrogen-bond acceptors (Lipinski definition) is 7. The average molecular weight is 463 g/mol. The molecule has 2 aromatic heterocycles. The van der Waals surface area contributed by atoms with Crippen LogP contribution in [0, 0.1) is 5.92 Å². The highest BCUT2D eigenvalue weighted by atomic mass is 32.2. The maximum Gasteiger partial charge on any atom is 0.254 e. The summed E-state index contributed by atoms with van der Waals surface area (Å²) in [5, 5.41) is 10.1. The van der Waals surface area contributed by atoms with E-state index in [4.69, 9.17) is 9.97 Å². The Morgan fingerprint density at radius 2 is 1.94 bits per heavy atom. The van der Waals surface area contributed by atoms with Crippen LogP contribution in [0.2, 0.25) is 0 Å². The lowest BCUT2D eigenvalue weighted by atomic mass is 9.86. The molecule has 2 N–H and O–H groups in total. The number of amides is 1. The van der Waals surface area contributed by atoms with Crippen LogP contribution in [0.3, 0.4) is 0 Å². The van der Waals surface area contributed by atoms with Gasteiger partial charge in [-0.3, -0.25) is 4.79 Å². The highest BCUT2D eigenvalue weighted by Crippen LogP contribution is 2.28. The minimum absolute atomic E-state index is 0.0755. The van der Waals surface area contributed by atoms with Gasteiger partial charge in [-0.1, -0.05) is 30.5 Å². The van der Waals surface area contributed by atoms with Gasteiger partial charge < -0.3 is 15.5 Å². The monoisotopic (exact) mass is 462 g/mol. The molecule has 7 nitrogen and oxygen atoms in total. The number of fused-ring (bicyclic) bond motifs is 1. The van der Waals surface area contributed by atoms with Crippen LogP contribution in [0.25, 0.3) is 10.9 Å². The van der Waals surface area contributed by atoms with Gasteiger partial charge in [0.2, 0.25) is 5.95 Å². The van der Waals surface area contributed by atoms with E-state index in [1.54, 1.807) is 23.7 Å². The fourth-order valence-electron chi connectivity index (χ4n) is 4.23. The van der Waals surface area contributed by atoms with Gasteiger partial charge in [-0.2, -0.15) is 4.98 Å². The summed E-state index contributed by atoms with van der Waals surface area (Å²) < 4.78 is 0. The molecule has 1 aliphatic rings. The van der Waals surface area contributed by atoms with E-state index in [0.29, 0.717) is 35.0 Å². The van der Waals surface area contributed by atoms with Crippen LogP contribution in [-0.4, -0.2) is 47.5 Å². The first-order valence-electron chi connectivity index (χ1n) is 11.3. The van der Waals surface area contributed by atoms with Crippen LogP contribution in [0.1, 0.15) is 36.0 Å². The Morgan fingerprint density at radius 3 is 2.70 bits per heavy atom. The quantitative estimate of drug-likeness (QED) is 0.468. The Bertz CT molecular complexity index is 1130. The molecule has 1 aromatic carbocycles. The zero-order valence-electron chi connectivity index (χ0n) is 19.1. The van der Waals surface area contributed by atoms with E-state index < -0.39 is 0 Å². The van der Waals surface area contributed by atoms with Crippen LogP contribution in [0.5, 0.6) is 0 Å². The molecule has 0 spiro atoms. The SMILES string of the molecule is C=CSc1ncccc1C(=O)NCC1CCC(Nc2nc(N(C)C)c3ccccc3n2)CC1. The van der Waals surface area contributed by atoms with E-state index in [9.17, 15) is 4.79 Å². The van der Waals surface area contributed by atoms with E-state index in [1.165, 1.54) is 11.8 Å². The van der Waals surface area contributed by atoms with Crippen molar-refractivity contribution >= 4 is 40.3 Å². The number of aromatic nitrogens is 3. The Hall–Kier alpha value is -3.13. The third-order valence-electron chi connectivity index (χ3n) is 5.95. The van der Waals surface area contributed by atoms with E-state index >= 15 is 0 Å². The summed E-state index contributed by atoms with van der Waals surface area (Å²) in [5.74, 6) is 1.99. The normalized spacial score (nSPS) is 18.0. The Balaban J connectivity index is 1.32. The number of nitrogens with one attached hydrogen (secondary N) is 2. The second-order valence-electron chi connectivity index (χ2n) is 8.50. The van der Waals surface area contributed by atoms with Crippen molar-refractivity contribution in [3.63, 3.8) is 0 Å². The number of hydrogen-bond donors (Lipinski definition) is 2. The molecule has 4 rings (SSSR count). The van der Waals surface area contributed by atoms with Gasteiger partial charge in [0.15, 0.2) is 0 Å². The number of pyridine rings is 1. The smallest absolute Gasteiger partial charge is 0.254 e. The fourth-order valence-corrected chi connectivity index (χ4v) is 4.79. The standard InChI is InChI=1S/C25H30N6OS/c1-4-33-24-20(9-7-15-26-24)23(32)27-16-17-11-13-18(14-12-17)28-25-29-21-10-6-5-8-19(21)22(30-25)31(2)3/h4-10,15,17-18H,1,11-14,16H2,2-3H3,(H,27,32)(H,28,29,30). The molecule has 0 unspecified atom stereocenters. The van der Waals surface area contributed by atoms with Gasteiger partial charge >= 0.3 is 0 Å². The number of carbonyl (C=O) groups is 1. The van der Waals surface area contributed by atoms with Gasteiger partial charge in [0.05, 0.1) is 11.1 Å². The summed E-state index contributed by atoms with van der Waals surface area (Å²) in [7, 11) is 4.01. The van der Waals surface area contributed by atoms with Crippen molar-refractivity contribution in [2.24, 2.45) is 5.92 Å². The van der Waals surface area contributed by atoms with Crippen molar-refractivity contribution in [1.82, 2.24) is 20.3 Å². The van der Waals surface area contributed by atoms with E-state index in [2.05, 4.69) is 28.3 Å². The van der Waals surface area contributed by atoms with E-state index in [-0.39, 0.29) is 5.91 Å². The number of benzene rings is 1. The third kappa shape index (κ3) is 5.63. The molecular formula is C25H30N6OS. The average Bonchev–Trinajstić information content (AvgIpc) is 2.83. The highest BCUT2D eigenvalue weighted by Gasteiger charge is 2.23. The van der Waals surface area contributed by atoms with Gasteiger partial charge in [-0.25, -0.2) is 9.97 Å². The van der Waals surface area contributed by atoms with Gasteiger partial charge in [0.1, 0.15) is 10.8 Å². The van der Waals surface area contributed by atoms with Gasteiger partial charge in [-0.05, 0) is 61.3 Å². The van der Waals surface area contributed by atoms with Crippen LogP contribution in [-0.2, 0) is 0 Å². The van der Waals surface area contributed by atoms with Crippen molar-refractivity contribution in [1.29, 1.82) is 0 Å². The topological polar surface area (TPSA) is 83.0 Å². The maximum absolute atomic E-state index is 12.7. The van der Waals surface area contributed by atoms with Crippen molar-refractivity contribution in [2.75, 3.05) is 30.9 Å². The predicted octanol–water partition coefficient (Wildman–Crippen LogP) is 4.73. The minimum atomic E-state index is -0.0755. The van der Waals surface area contributed by atoms with Gasteiger partial charge in [-0.15, -0.1) is 0 Å². The Labute approximate surface area is 199 Å². The van der Waals surface area contributed by atoms with Gasteiger partial charge in [0.25, 0.3) is 5.91 Å². The van der Waals surface area contributed by atoms with Crippen LogP contribution in [0.4, 0.5) is 11.8 Å². The first-order chi connectivity index (χ1) is 16.0. The Morgan fingerprint density at radius 1 is 1.15 bits per heavy atom. The molecule has 0 saturated heterocycles. The highest BCUT2D eigenvalue weighted by molar-refractivity contribution is 8.02. The molecule has 0 atom stereocenters. The molecule has 1 fully saturated rings. The van der Waals surface area contributed by atoms with Crippen molar-refractivity contribution in [3.05, 3.63) is 60.1 Å². The first kappa shape index (κ1) is 23.0. The number of para-hydroxylation sites is 1. The summed E-state index contributed by atoms with van der Waals surface area (Å²) >= 11 is 1.36. The van der Waals surface area contributed by atoms with E-state index in [0.717, 1.165) is 42.4 Å². The van der Waals surface area contributed by atoms with Crippen LogP contribution in [0.15, 0.2) is 59.6 Å². The first-order valence-corrected chi connectivity index (χ1v) is 12.1. The molecular weight excluding hydrogens is 432 g/mol. The summed E-state index contributed by atoms with van der Waals surface area (Å²) in [6.07, 6.45) is 5.84. The summed E-state index contributed by atoms with van der Waals surface area (Å²) in [6, 6.07) is 12.0. The molecule has 1 aliphatic carbocycles. The number of carbonyl (C=O) groups excluding carboxylic acids is 1. The largest absolute Gasteiger partial charge is 0.362 e. The summed E-state index contributed by atoms with van der Waals surface area (Å²) in [4.78, 5) is 28.4. The summed E-state index contributed by atoms with van der Waals surface area (Å²) in [6.45, 7) is 4.39. The number of nitrogens with zero attached hydrogens (tertiary/aromatic N) is 4. The zero-order valence-corrected chi connectivity index (χ0v) is 19.9. The molecule has 0 aliphatic heterocycles. The number of rotatable bonds is 8. The lowest BCUT2D eigenvalue weighted by molar-refractivity contribution is 0.0939. The maximum atomic E-state index is 12.7. The van der Waals surface area contributed by atoms with Crippen molar-refractivity contribution < 1.29 is 4.79 Å². The van der Waals surface area contributed by atoms with Crippen molar-refractivity contribution in [2.45, 2.75) is 36.8 Å².